The van der Waals surface area contributed by atoms with Gasteiger partial charge in [-0.3, -0.25) is 14.3 Å². The van der Waals surface area contributed by atoms with Gasteiger partial charge in [-0.25, -0.2) is 0 Å². The Labute approximate surface area is 190 Å². The van der Waals surface area contributed by atoms with Crippen molar-refractivity contribution < 1.29 is 14.3 Å². The Balaban J connectivity index is 1.78. The number of ketones is 1. The van der Waals surface area contributed by atoms with Gasteiger partial charge in [0, 0.05) is 19.7 Å². The molecule has 0 saturated heterocycles. The Kier molecular flexibility index (Phi) is 7.30. The number of hydrogen-bond acceptors (Lipinski definition) is 4. The Morgan fingerprint density at radius 2 is 1.66 bits per heavy atom. The maximum absolute atomic E-state index is 13.3. The van der Waals surface area contributed by atoms with Crippen molar-refractivity contribution in [2.24, 2.45) is 7.05 Å². The summed E-state index contributed by atoms with van der Waals surface area (Å²) in [5.74, 6) is 0.417. The van der Waals surface area contributed by atoms with Gasteiger partial charge in [0.05, 0.1) is 27.8 Å². The van der Waals surface area contributed by atoms with E-state index in [2.05, 4.69) is 42.2 Å². The summed E-state index contributed by atoms with van der Waals surface area (Å²) >= 11 is 0. The van der Waals surface area contributed by atoms with Crippen LogP contribution in [-0.4, -0.2) is 36.7 Å². The summed E-state index contributed by atoms with van der Waals surface area (Å²) < 4.78 is 6.88. The smallest absolute Gasteiger partial charge is 0.225 e. The van der Waals surface area contributed by atoms with Gasteiger partial charge in [0.15, 0.2) is 5.78 Å². The average molecular weight is 450 g/mol. The summed E-state index contributed by atoms with van der Waals surface area (Å²) in [5.41, 5.74) is 2.47. The number of nitrogens with one attached hydrogen (secondary N) is 1. The lowest BCUT2D eigenvalue weighted by Crippen LogP contribution is -2.37. The lowest BCUT2D eigenvalue weighted by atomic mass is 9.97. The molecule has 2 aromatic carbocycles. The highest BCUT2D eigenvalue weighted by molar-refractivity contribution is 6.88. The van der Waals surface area contributed by atoms with Crippen molar-refractivity contribution in [3.8, 4) is 5.75 Å². The fourth-order valence-electron chi connectivity index (χ4n) is 3.53. The van der Waals surface area contributed by atoms with Crippen molar-refractivity contribution in [2.75, 3.05) is 7.11 Å². The van der Waals surface area contributed by atoms with Crippen molar-refractivity contribution in [1.82, 2.24) is 15.1 Å². The number of hydrogen-bond donors (Lipinski definition) is 1. The second kappa shape index (κ2) is 9.95. The number of nitrogens with zero attached hydrogens (tertiary/aromatic N) is 2. The van der Waals surface area contributed by atoms with Crippen LogP contribution in [0.1, 0.15) is 22.7 Å². The normalized spacial score (nSPS) is 12.3. The minimum Gasteiger partial charge on any atom is -0.497 e. The van der Waals surface area contributed by atoms with E-state index < -0.39 is 14.1 Å². The van der Waals surface area contributed by atoms with Crippen LogP contribution in [0, 0.1) is 0 Å². The van der Waals surface area contributed by atoms with E-state index in [1.807, 2.05) is 24.3 Å². The van der Waals surface area contributed by atoms with Crippen molar-refractivity contribution in [2.45, 2.75) is 38.5 Å². The summed E-state index contributed by atoms with van der Waals surface area (Å²) in [7, 11) is 2.00. The third kappa shape index (κ3) is 6.17. The molecule has 7 heteroatoms. The van der Waals surface area contributed by atoms with Crippen molar-refractivity contribution in [3.05, 3.63) is 77.6 Å². The number of carbonyl (C=O) groups excluding carboxylic acids is 2. The van der Waals surface area contributed by atoms with E-state index in [4.69, 9.17) is 4.74 Å². The van der Waals surface area contributed by atoms with Crippen LogP contribution in [0.2, 0.25) is 19.6 Å². The molecule has 32 heavy (non-hydrogen) atoms. The maximum Gasteiger partial charge on any atom is 0.225 e. The third-order valence-corrected chi connectivity index (χ3v) is 7.46. The van der Waals surface area contributed by atoms with Gasteiger partial charge in [0.25, 0.3) is 0 Å². The van der Waals surface area contributed by atoms with E-state index in [-0.39, 0.29) is 24.5 Å². The number of rotatable bonds is 9. The molecule has 0 aliphatic carbocycles. The lowest BCUT2D eigenvalue weighted by molar-refractivity contribution is -0.127. The molecule has 0 bridgehead atoms. The first-order chi connectivity index (χ1) is 15.2. The van der Waals surface area contributed by atoms with E-state index in [9.17, 15) is 9.59 Å². The molecule has 0 saturated carbocycles. The van der Waals surface area contributed by atoms with E-state index >= 15 is 0 Å². The van der Waals surface area contributed by atoms with Gasteiger partial charge < -0.3 is 10.1 Å². The number of amides is 1. The minimum atomic E-state index is -1.40. The fourth-order valence-corrected chi connectivity index (χ4v) is 4.70. The zero-order valence-corrected chi connectivity index (χ0v) is 20.4. The summed E-state index contributed by atoms with van der Waals surface area (Å²) in [6.07, 6.45) is 3.86. The van der Waals surface area contributed by atoms with E-state index in [0.29, 0.717) is 5.75 Å². The first-order valence-electron chi connectivity index (χ1n) is 10.7. The molecule has 168 valence electrons. The summed E-state index contributed by atoms with van der Waals surface area (Å²) in [6.45, 7) is 6.89. The Bertz CT molecular complexity index is 1070. The molecule has 0 fully saturated rings. The van der Waals surface area contributed by atoms with Crippen LogP contribution in [0.4, 0.5) is 0 Å². The van der Waals surface area contributed by atoms with Gasteiger partial charge in [0.1, 0.15) is 11.8 Å². The number of Topliss-reactive ketones (excluding diaryl/α,β-unsaturated/α-hetero) is 1. The van der Waals surface area contributed by atoms with Gasteiger partial charge in [-0.1, -0.05) is 61.2 Å². The van der Waals surface area contributed by atoms with Gasteiger partial charge >= 0.3 is 0 Å². The van der Waals surface area contributed by atoms with Crippen LogP contribution in [0.15, 0.2) is 60.9 Å². The molecule has 1 amide bonds. The fraction of sp³-hybridized carbons (Fsp3) is 0.320. The maximum atomic E-state index is 13.3. The Hall–Kier alpha value is -3.19. The molecule has 1 aromatic heterocycles. The van der Waals surface area contributed by atoms with Crippen LogP contribution in [0.25, 0.3) is 0 Å². The third-order valence-electron chi connectivity index (χ3n) is 5.40. The zero-order valence-electron chi connectivity index (χ0n) is 19.4. The first kappa shape index (κ1) is 23.5. The topological polar surface area (TPSA) is 73.2 Å². The number of carbonyl (C=O) groups is 2. The molecular formula is C25H31N3O3Si. The summed E-state index contributed by atoms with van der Waals surface area (Å²) in [5, 5.41) is 8.38. The highest BCUT2D eigenvalue weighted by Gasteiger charge is 2.24. The molecule has 1 atom stereocenters. The molecule has 0 aliphatic heterocycles. The van der Waals surface area contributed by atoms with Gasteiger partial charge in [-0.2, -0.15) is 5.10 Å². The van der Waals surface area contributed by atoms with Crippen molar-refractivity contribution in [3.63, 3.8) is 0 Å². The van der Waals surface area contributed by atoms with E-state index in [1.165, 1.54) is 5.19 Å². The van der Waals surface area contributed by atoms with Gasteiger partial charge in [-0.15, -0.1) is 0 Å². The molecule has 0 spiro atoms. The SMILES string of the molecule is COc1ccc(C(NC(=O)Cc2cnn(C)c2)C(=O)Cc2ccc([Si](C)(C)C)cc2)cc1. The highest BCUT2D eigenvalue weighted by atomic mass is 28.3. The molecule has 1 N–H and O–H groups in total. The van der Waals surface area contributed by atoms with Gasteiger partial charge in [-0.05, 0) is 28.8 Å². The Morgan fingerprint density at radius 3 is 2.19 bits per heavy atom. The summed E-state index contributed by atoms with van der Waals surface area (Å²) in [4.78, 5) is 26.0. The average Bonchev–Trinajstić information content (AvgIpc) is 3.16. The Morgan fingerprint density at radius 1 is 1.00 bits per heavy atom. The standard InChI is InChI=1S/C25H31N3O3Si/c1-28-17-19(16-26-28)15-24(30)27-25(20-8-10-21(31-2)11-9-20)23(29)14-18-6-12-22(13-7-18)32(3,4)5/h6-13,16-17,25H,14-15H2,1-5H3,(H,27,30). The van der Waals surface area contributed by atoms with Crippen LogP contribution in [0.3, 0.4) is 0 Å². The van der Waals surface area contributed by atoms with Crippen molar-refractivity contribution >= 4 is 25.0 Å². The quantitative estimate of drug-likeness (QED) is 0.509. The number of aromatic nitrogens is 2. The predicted molar refractivity (Wildman–Crippen MR) is 129 cm³/mol. The second-order valence-electron chi connectivity index (χ2n) is 9.06. The molecule has 3 rings (SSSR count). The van der Waals surface area contributed by atoms with Crippen LogP contribution in [0.5, 0.6) is 5.75 Å². The molecular weight excluding hydrogens is 418 g/mol. The van der Waals surface area contributed by atoms with Gasteiger partial charge in [0.2, 0.25) is 5.91 Å². The zero-order chi connectivity index (χ0) is 23.3. The van der Waals surface area contributed by atoms with E-state index in [1.54, 1.807) is 43.4 Å². The lowest BCUT2D eigenvalue weighted by Gasteiger charge is -2.20. The minimum absolute atomic E-state index is 0.0598. The molecule has 0 radical (unpaired) electrons. The monoisotopic (exact) mass is 449 g/mol. The van der Waals surface area contributed by atoms with Crippen molar-refractivity contribution in [1.29, 1.82) is 0 Å². The second-order valence-corrected chi connectivity index (χ2v) is 14.1. The van der Waals surface area contributed by atoms with Crippen LogP contribution < -0.4 is 15.2 Å². The number of methoxy groups -OCH3 is 1. The molecule has 6 nitrogen and oxygen atoms in total. The molecule has 1 heterocycles. The number of benzene rings is 2. The highest BCUT2D eigenvalue weighted by Crippen LogP contribution is 2.20. The number of aryl methyl sites for hydroxylation is 1. The first-order valence-corrected chi connectivity index (χ1v) is 14.2. The largest absolute Gasteiger partial charge is 0.497 e. The van der Waals surface area contributed by atoms with E-state index in [0.717, 1.165) is 16.7 Å². The molecule has 3 aromatic rings. The van der Waals surface area contributed by atoms with Crippen LogP contribution >= 0.6 is 0 Å². The predicted octanol–water partition coefficient (Wildman–Crippen LogP) is 3.19. The number of ether oxygens (including phenoxy) is 1. The molecule has 0 aliphatic rings. The molecule has 1 unspecified atom stereocenters. The van der Waals surface area contributed by atoms with Crippen LogP contribution in [-0.2, 0) is 29.5 Å². The summed E-state index contributed by atoms with van der Waals surface area (Å²) in [6, 6.07) is 14.8.